The number of nitrogens with zero attached hydrogens (tertiary/aromatic N) is 1. The van der Waals surface area contributed by atoms with E-state index in [9.17, 15) is 19.5 Å². The molecule has 1 N–H and O–H groups in total. The predicted octanol–water partition coefficient (Wildman–Crippen LogP) is 25.8. The molecule has 0 aromatic carbocycles. The van der Waals surface area contributed by atoms with Gasteiger partial charge < -0.3 is 28.5 Å². The van der Waals surface area contributed by atoms with Gasteiger partial charge in [-0.2, -0.15) is 0 Å². The Hall–Kier alpha value is -6.65. The monoisotopic (exact) mass is 1390 g/mol. The zero-order chi connectivity index (χ0) is 73.2. The molecule has 0 aromatic heterocycles. The number of ether oxygens (including phenoxy) is 4. The second-order valence-corrected chi connectivity index (χ2v) is 26.6. The second-order valence-electron chi connectivity index (χ2n) is 26.6. The predicted molar refractivity (Wildman–Crippen MR) is 437 cm³/mol. The van der Waals surface area contributed by atoms with Crippen LogP contribution in [0.3, 0.4) is 0 Å². The molecule has 0 bridgehead atoms. The van der Waals surface area contributed by atoms with Crippen LogP contribution in [0.2, 0.25) is 0 Å². The number of likely N-dealkylation sites (N-methyl/N-ethyl adjacent to an activating group) is 1. The van der Waals surface area contributed by atoms with Crippen molar-refractivity contribution < 1.29 is 42.9 Å². The van der Waals surface area contributed by atoms with E-state index in [0.717, 1.165) is 161 Å². The summed E-state index contributed by atoms with van der Waals surface area (Å²) in [5, 5.41) is 9.77. The van der Waals surface area contributed by atoms with Gasteiger partial charge in [-0.3, -0.25) is 9.59 Å². The minimum absolute atomic E-state index is 0.169. The average molecular weight is 1390 g/mol. The van der Waals surface area contributed by atoms with Crippen molar-refractivity contribution in [3.8, 4) is 0 Å². The van der Waals surface area contributed by atoms with Crippen LogP contribution in [0.4, 0.5) is 0 Å². The van der Waals surface area contributed by atoms with Crippen LogP contribution in [0, 0.1) is 0 Å². The molecular formula is C92H144NO8+. The lowest BCUT2D eigenvalue weighted by molar-refractivity contribution is -0.870. The quantitative estimate of drug-likeness (QED) is 0.0211. The molecule has 2 atom stereocenters. The number of hydrogen-bond donors (Lipinski definition) is 1. The lowest BCUT2D eigenvalue weighted by Gasteiger charge is -2.25. The standard InChI is InChI=1S/C92H143NO8/c1-6-8-10-12-14-16-18-20-22-24-26-28-30-32-34-36-38-40-42-44-45-47-48-50-52-54-56-58-60-62-64-66-68-70-72-74-76-78-80-82-89(94)99-86-88(87-100-92(91(96)97)98-85-84-93(3,4)5)101-90(95)83-81-79-77-75-73-71-69-67-65-63-61-59-57-55-53-51-49-46-43-41-39-37-35-33-31-29-27-25-23-21-19-17-15-13-11-9-7-2/h8-11,14-17,20-23,26-29,32-35,38-41,44-46,48-50,53,55,59,61,65,67,71,73,88,92H,6-7,12-13,18-19,24-25,30-31,36-37,42-43,47,51-52,54,56-58,60,62-64,66,68-70,72,74-87H2,1-5H3/p+1/b10-8-,11-9-,16-14-,17-15-,22-20-,23-21-,28-26-,29-27-,34-32-,35-33-,40-38-,41-39-,45-44-,49-46-,50-48-,55-53-,61-59-,67-65-,73-71-. The van der Waals surface area contributed by atoms with E-state index in [1.54, 1.807) is 0 Å². The van der Waals surface area contributed by atoms with Gasteiger partial charge in [0, 0.05) is 12.8 Å². The lowest BCUT2D eigenvalue weighted by atomic mass is 10.0. The van der Waals surface area contributed by atoms with Crippen LogP contribution in [0.15, 0.2) is 231 Å². The third-order valence-corrected chi connectivity index (χ3v) is 15.9. The summed E-state index contributed by atoms with van der Waals surface area (Å²) in [5.74, 6) is -2.07. The van der Waals surface area contributed by atoms with Gasteiger partial charge in [0.05, 0.1) is 34.4 Å². The lowest BCUT2D eigenvalue weighted by Crippen LogP contribution is -2.40. The van der Waals surface area contributed by atoms with Crippen molar-refractivity contribution in [3.63, 3.8) is 0 Å². The number of hydrogen-bond acceptors (Lipinski definition) is 7. The number of rotatable bonds is 70. The van der Waals surface area contributed by atoms with Gasteiger partial charge in [0.25, 0.3) is 6.29 Å². The first-order valence-electron chi connectivity index (χ1n) is 39.5. The molecular weight excluding hydrogens is 1250 g/mol. The third kappa shape index (κ3) is 80.5. The first kappa shape index (κ1) is 94.4. The maximum absolute atomic E-state index is 13.0. The van der Waals surface area contributed by atoms with E-state index in [1.807, 2.05) is 21.1 Å². The minimum Gasteiger partial charge on any atom is -0.477 e. The van der Waals surface area contributed by atoms with Gasteiger partial charge in [0.1, 0.15) is 13.2 Å². The van der Waals surface area contributed by atoms with E-state index in [-0.39, 0.29) is 38.6 Å². The highest BCUT2D eigenvalue weighted by Gasteiger charge is 2.25. The largest absolute Gasteiger partial charge is 0.477 e. The van der Waals surface area contributed by atoms with Crippen LogP contribution in [-0.4, -0.2) is 87.4 Å². The highest BCUT2D eigenvalue weighted by molar-refractivity contribution is 5.71. The summed E-state index contributed by atoms with van der Waals surface area (Å²) in [6.07, 6.45) is 123. The number of carboxylic acid groups (broad SMARTS) is 1. The topological polar surface area (TPSA) is 108 Å². The molecule has 0 spiro atoms. The number of unbranched alkanes of at least 4 members (excludes halogenated alkanes) is 17. The number of esters is 2. The molecule has 0 aliphatic rings. The van der Waals surface area contributed by atoms with E-state index in [4.69, 9.17) is 18.9 Å². The van der Waals surface area contributed by atoms with Crippen molar-refractivity contribution >= 4 is 17.9 Å². The Morgan fingerprint density at radius 3 is 0.802 bits per heavy atom. The van der Waals surface area contributed by atoms with Gasteiger partial charge in [-0.15, -0.1) is 0 Å². The Balaban J connectivity index is 4.20. The zero-order valence-electron chi connectivity index (χ0n) is 64.5. The van der Waals surface area contributed by atoms with Crippen molar-refractivity contribution in [3.05, 3.63) is 231 Å². The van der Waals surface area contributed by atoms with Crippen molar-refractivity contribution in [1.82, 2.24) is 0 Å². The summed E-state index contributed by atoms with van der Waals surface area (Å²) < 4.78 is 23.0. The van der Waals surface area contributed by atoms with E-state index < -0.39 is 24.3 Å². The molecule has 0 saturated carbocycles. The Kier molecular flexibility index (Phi) is 73.9. The van der Waals surface area contributed by atoms with Crippen molar-refractivity contribution in [1.29, 1.82) is 0 Å². The Morgan fingerprint density at radius 2 is 0.535 bits per heavy atom. The molecule has 2 unspecified atom stereocenters. The summed E-state index contributed by atoms with van der Waals surface area (Å²) in [6.45, 7) is 4.59. The summed E-state index contributed by atoms with van der Waals surface area (Å²) in [6, 6.07) is 0. The van der Waals surface area contributed by atoms with Crippen molar-refractivity contribution in [2.45, 2.75) is 283 Å². The van der Waals surface area contributed by atoms with Gasteiger partial charge in [-0.25, -0.2) is 4.79 Å². The van der Waals surface area contributed by atoms with E-state index >= 15 is 0 Å². The smallest absolute Gasteiger partial charge is 0.361 e. The number of allylic oxidation sites excluding steroid dienone is 38. The van der Waals surface area contributed by atoms with Crippen LogP contribution in [0.5, 0.6) is 0 Å². The van der Waals surface area contributed by atoms with Gasteiger partial charge in [-0.1, -0.05) is 328 Å². The first-order chi connectivity index (χ1) is 49.6. The van der Waals surface area contributed by atoms with Gasteiger partial charge >= 0.3 is 17.9 Å². The normalized spacial score (nSPS) is 14.0. The van der Waals surface area contributed by atoms with Gasteiger partial charge in [0.2, 0.25) is 0 Å². The summed E-state index contributed by atoms with van der Waals surface area (Å²) in [4.78, 5) is 37.7. The highest BCUT2D eigenvalue weighted by atomic mass is 16.7. The van der Waals surface area contributed by atoms with Crippen LogP contribution >= 0.6 is 0 Å². The Labute approximate surface area is 619 Å². The maximum atomic E-state index is 13.0. The minimum atomic E-state index is -1.54. The Bertz CT molecular complexity index is 2520. The first-order valence-corrected chi connectivity index (χ1v) is 39.5. The van der Waals surface area contributed by atoms with Crippen LogP contribution in [0.1, 0.15) is 271 Å². The maximum Gasteiger partial charge on any atom is 0.361 e. The molecule has 0 aromatic rings. The van der Waals surface area contributed by atoms with Crippen molar-refractivity contribution in [2.75, 3.05) is 47.5 Å². The van der Waals surface area contributed by atoms with Crippen LogP contribution in [0.25, 0.3) is 0 Å². The highest BCUT2D eigenvalue weighted by Crippen LogP contribution is 2.16. The molecule has 0 saturated heterocycles. The number of carbonyl (C=O) groups is 3. The van der Waals surface area contributed by atoms with E-state index in [2.05, 4.69) is 245 Å². The number of carboxylic acids is 1. The molecule has 0 fully saturated rings. The number of quaternary nitrogens is 1. The molecule has 0 heterocycles. The third-order valence-electron chi connectivity index (χ3n) is 15.9. The SMILES string of the molecule is CC/C=C\C/C=C\C/C=C\C/C=C\C/C=C\C/C=C\C/C=C\C/C=C\C/C=C\C/C=C\C/C=C\CCCCCC(=O)OC(COC(=O)CCCCCCCCCCCCCCCC/C=C\C/C=C\C/C=C\C/C=C\C/C=C\C/C=C\C/C=C\C/C=C\CC)COC(OCC[N+](C)(C)C)C(=O)O. The Morgan fingerprint density at radius 1 is 0.297 bits per heavy atom. The van der Waals surface area contributed by atoms with E-state index in [1.165, 1.54) is 77.0 Å². The van der Waals surface area contributed by atoms with Crippen molar-refractivity contribution in [2.24, 2.45) is 0 Å². The summed E-state index contributed by atoms with van der Waals surface area (Å²) in [7, 11) is 5.95. The number of aliphatic carboxylic acids is 1. The molecule has 9 nitrogen and oxygen atoms in total. The number of carbonyl (C=O) groups excluding carboxylic acids is 2. The van der Waals surface area contributed by atoms with E-state index in [0.29, 0.717) is 17.4 Å². The molecule has 0 radical (unpaired) electrons. The molecule has 0 aliphatic heterocycles. The fourth-order valence-electron chi connectivity index (χ4n) is 9.98. The summed E-state index contributed by atoms with van der Waals surface area (Å²) >= 11 is 0. The molecule has 101 heavy (non-hydrogen) atoms. The van der Waals surface area contributed by atoms with Gasteiger partial charge in [-0.05, 0) is 161 Å². The fourth-order valence-corrected chi connectivity index (χ4v) is 9.98. The van der Waals surface area contributed by atoms with Gasteiger partial charge in [0.15, 0.2) is 6.10 Å². The summed E-state index contributed by atoms with van der Waals surface area (Å²) in [5.41, 5.74) is 0. The molecule has 564 valence electrons. The van der Waals surface area contributed by atoms with Crippen LogP contribution < -0.4 is 0 Å². The molecule has 0 aliphatic carbocycles. The average Bonchev–Trinajstić information content (AvgIpc) is 1.25. The fraction of sp³-hybridized carbons (Fsp3) is 0.554. The van der Waals surface area contributed by atoms with Crippen LogP contribution in [-0.2, 0) is 33.3 Å². The second kappa shape index (κ2) is 79.1. The zero-order valence-corrected chi connectivity index (χ0v) is 64.5. The molecule has 0 amide bonds. The molecule has 0 rings (SSSR count). The molecule has 9 heteroatoms.